The molecule has 15 heavy (non-hydrogen) atoms. The van der Waals surface area contributed by atoms with E-state index in [1.165, 1.54) is 6.42 Å². The maximum atomic E-state index is 10.5. The van der Waals surface area contributed by atoms with Gasteiger partial charge in [0.1, 0.15) is 0 Å². The van der Waals surface area contributed by atoms with Gasteiger partial charge in [0.05, 0.1) is 15.6 Å². The van der Waals surface area contributed by atoms with Crippen LogP contribution in [0.3, 0.4) is 0 Å². The lowest BCUT2D eigenvalue weighted by atomic mass is 9.99. The summed E-state index contributed by atoms with van der Waals surface area (Å²) < 4.78 is 0. The molecule has 2 unspecified atom stereocenters. The Balaban J connectivity index is 1.97. The molecule has 2 aliphatic carbocycles. The normalized spacial score (nSPS) is 37.8. The Morgan fingerprint density at radius 1 is 1.13 bits per heavy atom. The van der Waals surface area contributed by atoms with E-state index in [1.807, 2.05) is 12.1 Å². The summed E-state index contributed by atoms with van der Waals surface area (Å²) in [4.78, 5) is 0. The molecule has 3 rings (SSSR count). The van der Waals surface area contributed by atoms with E-state index < -0.39 is 5.60 Å². The lowest BCUT2D eigenvalue weighted by Crippen LogP contribution is -2.12. The van der Waals surface area contributed by atoms with Crippen LogP contribution in [0.2, 0.25) is 10.0 Å². The Hall–Kier alpha value is -0.240. The minimum absolute atomic E-state index is 0.453. The van der Waals surface area contributed by atoms with Gasteiger partial charge >= 0.3 is 0 Å². The first kappa shape index (κ1) is 9.95. The minimum atomic E-state index is -0.605. The first-order chi connectivity index (χ1) is 7.14. The average Bonchev–Trinajstić information content (AvgIpc) is 2.66. The van der Waals surface area contributed by atoms with Crippen LogP contribution in [0.25, 0.3) is 0 Å². The molecule has 0 saturated heterocycles. The third kappa shape index (κ3) is 1.27. The van der Waals surface area contributed by atoms with E-state index in [0.29, 0.717) is 21.9 Å². The predicted molar refractivity (Wildman–Crippen MR) is 61.2 cm³/mol. The number of halogens is 2. The first-order valence-corrected chi connectivity index (χ1v) is 6.07. The van der Waals surface area contributed by atoms with E-state index >= 15 is 0 Å². The van der Waals surface area contributed by atoms with Crippen molar-refractivity contribution < 1.29 is 5.11 Å². The second-order valence-corrected chi connectivity index (χ2v) is 5.41. The lowest BCUT2D eigenvalue weighted by Gasteiger charge is -2.15. The summed E-state index contributed by atoms with van der Waals surface area (Å²) in [6.45, 7) is 0. The highest BCUT2D eigenvalue weighted by molar-refractivity contribution is 6.42. The van der Waals surface area contributed by atoms with Gasteiger partial charge in [0.25, 0.3) is 0 Å². The molecule has 3 heteroatoms. The van der Waals surface area contributed by atoms with Crippen molar-refractivity contribution in [2.24, 2.45) is 11.8 Å². The molecule has 80 valence electrons. The smallest absolute Gasteiger partial charge is 0.0960 e. The average molecular weight is 243 g/mol. The highest BCUT2D eigenvalue weighted by atomic mass is 35.5. The Labute approximate surface area is 99.0 Å². The molecule has 2 saturated carbocycles. The van der Waals surface area contributed by atoms with E-state index in [2.05, 4.69) is 0 Å². The molecule has 1 aromatic carbocycles. The molecule has 0 aliphatic heterocycles. The van der Waals surface area contributed by atoms with Gasteiger partial charge in [-0.3, -0.25) is 0 Å². The summed E-state index contributed by atoms with van der Waals surface area (Å²) in [6.07, 6.45) is 3.53. The molecule has 0 heterocycles. The van der Waals surface area contributed by atoms with E-state index in [4.69, 9.17) is 23.2 Å². The maximum Gasteiger partial charge on any atom is 0.0960 e. The highest BCUT2D eigenvalue weighted by Gasteiger charge is 2.66. The van der Waals surface area contributed by atoms with E-state index in [9.17, 15) is 5.11 Å². The maximum absolute atomic E-state index is 10.5. The van der Waals surface area contributed by atoms with Crippen LogP contribution in [0.1, 0.15) is 24.8 Å². The van der Waals surface area contributed by atoms with Gasteiger partial charge in [-0.1, -0.05) is 35.7 Å². The van der Waals surface area contributed by atoms with Gasteiger partial charge in [-0.2, -0.15) is 0 Å². The fraction of sp³-hybridized carbons (Fsp3) is 0.500. The number of fused-ring (bicyclic) bond motifs is 1. The van der Waals surface area contributed by atoms with Crippen LogP contribution >= 0.6 is 23.2 Å². The van der Waals surface area contributed by atoms with Gasteiger partial charge in [0.2, 0.25) is 0 Å². The standard InChI is InChI=1S/C12H12Cl2O/c13-10-5-4-7(6-11(10)14)12(15)8-2-1-3-9(8)12/h4-6,8-9,15H,1-3H2. The van der Waals surface area contributed by atoms with Crippen LogP contribution in [0.15, 0.2) is 18.2 Å². The molecule has 2 atom stereocenters. The number of hydrogen-bond donors (Lipinski definition) is 1. The molecule has 1 nitrogen and oxygen atoms in total. The van der Waals surface area contributed by atoms with Gasteiger partial charge in [0.15, 0.2) is 0 Å². The quantitative estimate of drug-likeness (QED) is 0.798. The Bertz CT molecular complexity index is 406. The number of benzene rings is 1. The third-order valence-electron chi connectivity index (χ3n) is 3.92. The molecule has 2 fully saturated rings. The molecular formula is C12H12Cl2O. The van der Waals surface area contributed by atoms with Crippen LogP contribution in [0.4, 0.5) is 0 Å². The summed E-state index contributed by atoms with van der Waals surface area (Å²) >= 11 is 11.8. The molecule has 0 radical (unpaired) electrons. The molecule has 0 aromatic heterocycles. The van der Waals surface area contributed by atoms with Crippen molar-refractivity contribution in [3.63, 3.8) is 0 Å². The van der Waals surface area contributed by atoms with Crippen molar-refractivity contribution in [3.05, 3.63) is 33.8 Å². The summed E-state index contributed by atoms with van der Waals surface area (Å²) in [5, 5.41) is 11.6. The summed E-state index contributed by atoms with van der Waals surface area (Å²) in [5.41, 5.74) is 0.332. The van der Waals surface area contributed by atoms with Crippen molar-refractivity contribution >= 4 is 23.2 Å². The Morgan fingerprint density at radius 3 is 2.40 bits per heavy atom. The molecule has 2 aliphatic rings. The third-order valence-corrected chi connectivity index (χ3v) is 4.66. The first-order valence-electron chi connectivity index (χ1n) is 5.32. The lowest BCUT2D eigenvalue weighted by molar-refractivity contribution is 0.105. The van der Waals surface area contributed by atoms with Gasteiger partial charge in [-0.25, -0.2) is 0 Å². The van der Waals surface area contributed by atoms with Crippen molar-refractivity contribution in [1.29, 1.82) is 0 Å². The summed E-state index contributed by atoms with van der Waals surface area (Å²) in [7, 11) is 0. The molecule has 1 N–H and O–H groups in total. The van der Waals surface area contributed by atoms with E-state index in [0.717, 1.165) is 18.4 Å². The van der Waals surface area contributed by atoms with Crippen LogP contribution in [0.5, 0.6) is 0 Å². The van der Waals surface area contributed by atoms with Crippen molar-refractivity contribution in [2.75, 3.05) is 0 Å². The Morgan fingerprint density at radius 2 is 1.80 bits per heavy atom. The predicted octanol–water partition coefficient (Wildman–Crippen LogP) is 3.61. The largest absolute Gasteiger partial charge is 0.385 e. The van der Waals surface area contributed by atoms with Crippen LogP contribution in [0, 0.1) is 11.8 Å². The molecule has 0 amide bonds. The highest BCUT2D eigenvalue weighted by Crippen LogP contribution is 2.66. The number of hydrogen-bond acceptors (Lipinski definition) is 1. The van der Waals surface area contributed by atoms with Gasteiger partial charge < -0.3 is 5.11 Å². The van der Waals surface area contributed by atoms with Crippen molar-refractivity contribution in [1.82, 2.24) is 0 Å². The second-order valence-electron chi connectivity index (χ2n) is 4.60. The molecule has 0 bridgehead atoms. The number of aliphatic hydroxyl groups is 1. The zero-order valence-electron chi connectivity index (χ0n) is 8.21. The van der Waals surface area contributed by atoms with E-state index in [-0.39, 0.29) is 0 Å². The summed E-state index contributed by atoms with van der Waals surface area (Å²) in [5.74, 6) is 0.907. The zero-order valence-corrected chi connectivity index (χ0v) is 9.72. The van der Waals surface area contributed by atoms with Gasteiger partial charge in [-0.05, 0) is 42.4 Å². The molecule has 0 spiro atoms. The van der Waals surface area contributed by atoms with Crippen LogP contribution in [-0.2, 0) is 5.60 Å². The number of rotatable bonds is 1. The fourth-order valence-corrected chi connectivity index (χ4v) is 3.39. The fourth-order valence-electron chi connectivity index (χ4n) is 3.10. The van der Waals surface area contributed by atoms with Gasteiger partial charge in [-0.15, -0.1) is 0 Å². The SMILES string of the molecule is OC1(c2ccc(Cl)c(Cl)c2)C2CCCC21. The second kappa shape index (κ2) is 3.13. The molecular weight excluding hydrogens is 231 g/mol. The molecule has 1 aromatic rings. The Kier molecular flexibility index (Phi) is 2.08. The zero-order chi connectivity index (χ0) is 10.6. The van der Waals surface area contributed by atoms with Crippen LogP contribution < -0.4 is 0 Å². The van der Waals surface area contributed by atoms with Crippen molar-refractivity contribution in [2.45, 2.75) is 24.9 Å². The van der Waals surface area contributed by atoms with E-state index in [1.54, 1.807) is 6.07 Å². The van der Waals surface area contributed by atoms with Gasteiger partial charge in [0, 0.05) is 0 Å². The monoisotopic (exact) mass is 242 g/mol. The van der Waals surface area contributed by atoms with Crippen molar-refractivity contribution in [3.8, 4) is 0 Å². The minimum Gasteiger partial charge on any atom is -0.385 e. The topological polar surface area (TPSA) is 20.2 Å². The summed E-state index contributed by atoms with van der Waals surface area (Å²) in [6, 6.07) is 5.47. The van der Waals surface area contributed by atoms with Crippen LogP contribution in [-0.4, -0.2) is 5.11 Å².